The summed E-state index contributed by atoms with van der Waals surface area (Å²) >= 11 is 0. The smallest absolute Gasteiger partial charge is 0.0547 e. The third-order valence-electron chi connectivity index (χ3n) is 11.8. The number of rotatable bonds is 9. The number of hydrogen-bond donors (Lipinski definition) is 0. The number of para-hydroxylation sites is 3. The van der Waals surface area contributed by atoms with Crippen LogP contribution in [-0.4, -0.2) is 4.57 Å². The molecule has 3 nitrogen and oxygen atoms in total. The molecule has 0 aliphatic carbocycles. The lowest BCUT2D eigenvalue weighted by atomic mass is 10.0. The zero-order valence-electron chi connectivity index (χ0n) is 33.5. The van der Waals surface area contributed by atoms with E-state index in [1.807, 2.05) is 0 Å². The van der Waals surface area contributed by atoms with Crippen LogP contribution in [0.2, 0.25) is 0 Å². The first-order valence-electron chi connectivity index (χ1n) is 20.8. The molecule has 0 saturated heterocycles. The van der Waals surface area contributed by atoms with E-state index in [1.54, 1.807) is 0 Å². The highest BCUT2D eigenvalue weighted by molar-refractivity contribution is 6.10. The summed E-state index contributed by atoms with van der Waals surface area (Å²) in [4.78, 5) is 4.71. The molecule has 0 atom stereocenters. The molecule has 0 saturated carbocycles. The first kappa shape index (κ1) is 36.0. The van der Waals surface area contributed by atoms with Crippen molar-refractivity contribution in [3.63, 3.8) is 0 Å². The lowest BCUT2D eigenvalue weighted by Crippen LogP contribution is -2.12. The van der Waals surface area contributed by atoms with E-state index in [1.165, 1.54) is 54.8 Å². The van der Waals surface area contributed by atoms with E-state index in [9.17, 15) is 0 Å². The van der Waals surface area contributed by atoms with E-state index in [4.69, 9.17) is 0 Å². The molecule has 1 aromatic heterocycles. The average molecular weight is 780 g/mol. The number of hydrogen-bond acceptors (Lipinski definition) is 2. The Kier molecular flexibility index (Phi) is 9.18. The van der Waals surface area contributed by atoms with Crippen molar-refractivity contribution in [2.45, 2.75) is 0 Å². The van der Waals surface area contributed by atoms with E-state index in [0.29, 0.717) is 0 Å². The molecule has 0 amide bonds. The van der Waals surface area contributed by atoms with Crippen LogP contribution in [0.15, 0.2) is 249 Å². The van der Waals surface area contributed by atoms with Gasteiger partial charge >= 0.3 is 0 Å². The Morgan fingerprint density at radius 3 is 1.38 bits per heavy atom. The summed E-state index contributed by atoms with van der Waals surface area (Å²) in [5.41, 5.74) is 14.9. The van der Waals surface area contributed by atoms with Crippen molar-refractivity contribution in [2.24, 2.45) is 0 Å². The minimum absolute atomic E-state index is 1.08. The van der Waals surface area contributed by atoms with E-state index < -0.39 is 0 Å². The van der Waals surface area contributed by atoms with Gasteiger partial charge in [0.2, 0.25) is 0 Å². The maximum Gasteiger partial charge on any atom is 0.0547 e. The predicted octanol–water partition coefficient (Wildman–Crippen LogP) is 16.2. The van der Waals surface area contributed by atoms with Crippen LogP contribution < -0.4 is 9.80 Å². The van der Waals surface area contributed by atoms with Crippen LogP contribution in [0.3, 0.4) is 0 Å². The third kappa shape index (κ3) is 6.69. The summed E-state index contributed by atoms with van der Waals surface area (Å²) in [5, 5.41) is 4.91. The first-order chi connectivity index (χ1) is 30.3. The van der Waals surface area contributed by atoms with Gasteiger partial charge in [-0.1, -0.05) is 158 Å². The largest absolute Gasteiger partial charge is 0.311 e. The molecule has 0 aliphatic rings. The molecule has 61 heavy (non-hydrogen) atoms. The maximum atomic E-state index is 2.38. The average Bonchev–Trinajstić information content (AvgIpc) is 3.67. The van der Waals surface area contributed by atoms with E-state index >= 15 is 0 Å². The van der Waals surface area contributed by atoms with Gasteiger partial charge in [-0.3, -0.25) is 0 Å². The van der Waals surface area contributed by atoms with E-state index in [0.717, 1.165) is 39.8 Å². The summed E-state index contributed by atoms with van der Waals surface area (Å²) < 4.78 is 2.38. The van der Waals surface area contributed by atoms with Crippen molar-refractivity contribution in [1.82, 2.24) is 4.57 Å². The Bertz CT molecular complexity index is 3260. The van der Waals surface area contributed by atoms with Gasteiger partial charge in [0.05, 0.1) is 16.7 Å². The van der Waals surface area contributed by atoms with Crippen molar-refractivity contribution in [3.8, 4) is 27.9 Å². The minimum Gasteiger partial charge on any atom is -0.311 e. The topological polar surface area (TPSA) is 11.4 Å². The highest BCUT2D eigenvalue weighted by Gasteiger charge is 2.19. The minimum atomic E-state index is 1.08. The monoisotopic (exact) mass is 779 g/mol. The highest BCUT2D eigenvalue weighted by atomic mass is 15.2. The molecular formula is C58H41N3. The Hall–Kier alpha value is -8.14. The van der Waals surface area contributed by atoms with Gasteiger partial charge in [-0.05, 0) is 119 Å². The normalized spacial score (nSPS) is 11.3. The van der Waals surface area contributed by atoms with Crippen molar-refractivity contribution < 1.29 is 0 Å². The lowest BCUT2D eigenvalue weighted by Gasteiger charge is -2.29. The van der Waals surface area contributed by atoms with Gasteiger partial charge in [-0.15, -0.1) is 0 Å². The van der Waals surface area contributed by atoms with Gasteiger partial charge in [0.15, 0.2) is 0 Å². The molecule has 11 rings (SSSR count). The highest BCUT2D eigenvalue weighted by Crippen LogP contribution is 2.43. The second kappa shape index (κ2) is 15.6. The molecule has 0 spiro atoms. The molecule has 1 heterocycles. The quantitative estimate of drug-likeness (QED) is 0.145. The van der Waals surface area contributed by atoms with Crippen LogP contribution in [0, 0.1) is 0 Å². The SMILES string of the molecule is c1ccc(-c2ccc(N(c3ccccc3)c3ccc(N(c4ccc(-c5ccc6c7ccccc7n(-c7ccccc7)c6c5)cc4)c4cccc5ccccc45)cc3)cc2)cc1. The van der Waals surface area contributed by atoms with Crippen molar-refractivity contribution >= 4 is 66.7 Å². The Labute approximate surface area is 356 Å². The molecular weight excluding hydrogens is 739 g/mol. The number of benzene rings is 10. The molecule has 11 aromatic rings. The second-order valence-electron chi connectivity index (χ2n) is 15.4. The second-order valence-corrected chi connectivity index (χ2v) is 15.4. The number of aromatic nitrogens is 1. The Morgan fingerprint density at radius 2 is 0.705 bits per heavy atom. The van der Waals surface area contributed by atoms with Gasteiger partial charge in [0.25, 0.3) is 0 Å². The molecule has 0 aliphatic heterocycles. The fourth-order valence-corrected chi connectivity index (χ4v) is 8.85. The van der Waals surface area contributed by atoms with Crippen LogP contribution >= 0.6 is 0 Å². The molecule has 0 radical (unpaired) electrons. The van der Waals surface area contributed by atoms with Crippen LogP contribution in [0.1, 0.15) is 0 Å². The number of nitrogens with zero attached hydrogens (tertiary/aromatic N) is 3. The summed E-state index contributed by atoms with van der Waals surface area (Å²) in [6.07, 6.45) is 0. The first-order valence-corrected chi connectivity index (χ1v) is 20.8. The molecule has 0 bridgehead atoms. The third-order valence-corrected chi connectivity index (χ3v) is 11.8. The summed E-state index contributed by atoms with van der Waals surface area (Å²) in [5.74, 6) is 0. The van der Waals surface area contributed by atoms with Crippen molar-refractivity contribution in [2.75, 3.05) is 9.80 Å². The van der Waals surface area contributed by atoms with Gasteiger partial charge in [0.1, 0.15) is 0 Å². The van der Waals surface area contributed by atoms with Crippen LogP contribution in [0.5, 0.6) is 0 Å². The molecule has 0 N–H and O–H groups in total. The van der Waals surface area contributed by atoms with Crippen LogP contribution in [0.25, 0.3) is 60.5 Å². The maximum absolute atomic E-state index is 2.38. The Balaban J connectivity index is 0.988. The van der Waals surface area contributed by atoms with E-state index in [-0.39, 0.29) is 0 Å². The zero-order chi connectivity index (χ0) is 40.5. The van der Waals surface area contributed by atoms with Gasteiger partial charge < -0.3 is 14.4 Å². The van der Waals surface area contributed by atoms with Gasteiger partial charge in [-0.2, -0.15) is 0 Å². The predicted molar refractivity (Wildman–Crippen MR) is 259 cm³/mol. The fraction of sp³-hybridized carbons (Fsp3) is 0. The Morgan fingerprint density at radius 1 is 0.262 bits per heavy atom. The summed E-state index contributed by atoms with van der Waals surface area (Å²) in [6.45, 7) is 0. The van der Waals surface area contributed by atoms with Gasteiger partial charge in [0, 0.05) is 50.3 Å². The molecule has 3 heteroatoms. The van der Waals surface area contributed by atoms with Crippen molar-refractivity contribution in [3.05, 3.63) is 249 Å². The van der Waals surface area contributed by atoms with E-state index in [2.05, 4.69) is 263 Å². The fourth-order valence-electron chi connectivity index (χ4n) is 8.85. The van der Waals surface area contributed by atoms with Crippen LogP contribution in [-0.2, 0) is 0 Å². The molecule has 0 fully saturated rings. The summed E-state index contributed by atoms with van der Waals surface area (Å²) in [7, 11) is 0. The molecule has 288 valence electrons. The van der Waals surface area contributed by atoms with Gasteiger partial charge in [-0.25, -0.2) is 0 Å². The zero-order valence-corrected chi connectivity index (χ0v) is 33.5. The standard InChI is InChI=1S/C58H41N3/c1-4-15-42(16-5-1)43-27-32-49(33-28-43)59(47-19-6-2-7-20-47)50-36-38-52(39-37-50)60(56-26-14-18-45-17-10-11-23-53(45)56)51-34-29-44(30-35-51)46-31-40-55-54-24-12-13-25-57(54)61(58(55)41-46)48-21-8-3-9-22-48/h1-41H. The number of anilines is 6. The molecule has 0 unspecified atom stereocenters. The lowest BCUT2D eigenvalue weighted by molar-refractivity contribution is 1.18. The van der Waals surface area contributed by atoms with Crippen molar-refractivity contribution in [1.29, 1.82) is 0 Å². The number of fused-ring (bicyclic) bond motifs is 4. The molecule has 10 aromatic carbocycles. The summed E-state index contributed by atoms with van der Waals surface area (Å²) in [6, 6.07) is 89.4. The van der Waals surface area contributed by atoms with Crippen LogP contribution in [0.4, 0.5) is 34.1 Å².